The van der Waals surface area contributed by atoms with Crippen LogP contribution in [0.3, 0.4) is 0 Å². The van der Waals surface area contributed by atoms with E-state index in [1.807, 2.05) is 25.1 Å². The fraction of sp³-hybridized carbons (Fsp3) is 0.0870. The summed E-state index contributed by atoms with van der Waals surface area (Å²) < 4.78 is 11.3. The Morgan fingerprint density at radius 1 is 1.04 bits per heavy atom. The van der Waals surface area contributed by atoms with Gasteiger partial charge in [-0.2, -0.15) is 0 Å². The van der Waals surface area contributed by atoms with E-state index in [1.54, 1.807) is 55.6 Å². The lowest BCUT2D eigenvalue weighted by Gasteiger charge is -2.11. The summed E-state index contributed by atoms with van der Waals surface area (Å²) in [5.41, 5.74) is 2.99. The maximum Gasteiger partial charge on any atom is 0.343 e. The molecule has 0 saturated heterocycles. The first-order valence-electron chi connectivity index (χ1n) is 8.81. The molecule has 1 aromatic heterocycles. The Morgan fingerprint density at radius 2 is 1.82 bits per heavy atom. The zero-order valence-corrected chi connectivity index (χ0v) is 15.4. The van der Waals surface area contributed by atoms with E-state index >= 15 is 0 Å². The van der Waals surface area contributed by atoms with Gasteiger partial charge in [0.2, 0.25) is 5.78 Å². The number of nitrogens with zero attached hydrogens (tertiary/aromatic N) is 1. The van der Waals surface area contributed by atoms with Gasteiger partial charge in [0.25, 0.3) is 0 Å². The number of benzene rings is 2. The molecule has 28 heavy (non-hydrogen) atoms. The first-order valence-corrected chi connectivity index (χ1v) is 8.81. The summed E-state index contributed by atoms with van der Waals surface area (Å²) in [5, 5.41) is 0. The van der Waals surface area contributed by atoms with Gasteiger partial charge in [0.15, 0.2) is 5.76 Å². The summed E-state index contributed by atoms with van der Waals surface area (Å²) in [6.45, 7) is 3.61. The molecule has 1 aliphatic heterocycles. The van der Waals surface area contributed by atoms with Gasteiger partial charge in [-0.25, -0.2) is 4.79 Å². The quantitative estimate of drug-likeness (QED) is 0.384. The number of Topliss-reactive ketones (excluding diaryl/α,β-unsaturated/α-hetero) is 1. The zero-order valence-electron chi connectivity index (χ0n) is 15.4. The van der Waals surface area contributed by atoms with Crippen LogP contribution in [-0.2, 0) is 0 Å². The average molecular weight is 371 g/mol. The molecule has 2 aromatic carbocycles. The number of allylic oxidation sites excluding steroid dienone is 1. The van der Waals surface area contributed by atoms with Crippen LogP contribution < -0.4 is 9.47 Å². The van der Waals surface area contributed by atoms with Gasteiger partial charge in [0, 0.05) is 17.8 Å². The third-order valence-electron chi connectivity index (χ3n) is 4.57. The van der Waals surface area contributed by atoms with E-state index in [0.717, 1.165) is 5.56 Å². The summed E-state index contributed by atoms with van der Waals surface area (Å²) in [5.74, 6) is 0.288. The number of aryl methyl sites for hydroxylation is 1. The van der Waals surface area contributed by atoms with Gasteiger partial charge in [-0.05, 0) is 49.7 Å². The minimum absolute atomic E-state index is 0.194. The largest absolute Gasteiger partial charge is 0.452 e. The fourth-order valence-corrected chi connectivity index (χ4v) is 3.03. The predicted molar refractivity (Wildman–Crippen MR) is 104 cm³/mol. The Morgan fingerprint density at radius 3 is 2.57 bits per heavy atom. The molecule has 5 nitrogen and oxygen atoms in total. The van der Waals surface area contributed by atoms with E-state index in [1.165, 1.54) is 0 Å². The van der Waals surface area contributed by atoms with Crippen molar-refractivity contribution in [3.63, 3.8) is 0 Å². The minimum Gasteiger partial charge on any atom is -0.452 e. The van der Waals surface area contributed by atoms with Crippen LogP contribution in [0, 0.1) is 13.8 Å². The minimum atomic E-state index is -0.449. The molecule has 2 heterocycles. The molecular formula is C23H17NO4. The molecule has 3 aromatic rings. The van der Waals surface area contributed by atoms with Crippen LogP contribution in [-0.4, -0.2) is 16.7 Å². The number of carbonyl (C=O) groups excluding carboxylic acids is 2. The Balaban J connectivity index is 1.63. The first kappa shape index (κ1) is 17.7. The van der Waals surface area contributed by atoms with E-state index in [4.69, 9.17) is 9.47 Å². The highest BCUT2D eigenvalue weighted by Gasteiger charge is 2.30. The summed E-state index contributed by atoms with van der Waals surface area (Å²) in [7, 11) is 0. The van der Waals surface area contributed by atoms with E-state index in [2.05, 4.69) is 4.98 Å². The molecule has 0 spiro atoms. The Kier molecular flexibility index (Phi) is 4.49. The van der Waals surface area contributed by atoms with Crippen molar-refractivity contribution in [3.05, 3.63) is 94.5 Å². The van der Waals surface area contributed by atoms with E-state index in [0.29, 0.717) is 33.9 Å². The smallest absolute Gasteiger partial charge is 0.343 e. The van der Waals surface area contributed by atoms with Gasteiger partial charge in [-0.1, -0.05) is 24.3 Å². The predicted octanol–water partition coefficient (Wildman–Crippen LogP) is 4.53. The molecule has 0 radical (unpaired) electrons. The van der Waals surface area contributed by atoms with Crippen molar-refractivity contribution in [1.82, 2.24) is 4.98 Å². The second kappa shape index (κ2) is 7.12. The fourth-order valence-electron chi connectivity index (χ4n) is 3.03. The van der Waals surface area contributed by atoms with Gasteiger partial charge in [0.1, 0.15) is 11.5 Å². The number of aromatic nitrogens is 1. The third-order valence-corrected chi connectivity index (χ3v) is 4.57. The summed E-state index contributed by atoms with van der Waals surface area (Å²) >= 11 is 0. The maximum absolute atomic E-state index is 12.6. The molecule has 138 valence electrons. The molecule has 5 heteroatoms. The molecule has 0 bridgehead atoms. The van der Waals surface area contributed by atoms with Crippen molar-refractivity contribution >= 4 is 17.8 Å². The van der Waals surface area contributed by atoms with E-state index in [-0.39, 0.29) is 11.5 Å². The van der Waals surface area contributed by atoms with Gasteiger partial charge < -0.3 is 9.47 Å². The lowest BCUT2D eigenvalue weighted by molar-refractivity contribution is 0.0732. The number of ketones is 1. The molecule has 0 aliphatic carbocycles. The number of ether oxygens (including phenoxy) is 2. The summed E-state index contributed by atoms with van der Waals surface area (Å²) in [4.78, 5) is 29.3. The van der Waals surface area contributed by atoms with Gasteiger partial charge in [-0.3, -0.25) is 9.78 Å². The second-order valence-electron chi connectivity index (χ2n) is 6.46. The van der Waals surface area contributed by atoms with Gasteiger partial charge in [-0.15, -0.1) is 0 Å². The van der Waals surface area contributed by atoms with Crippen molar-refractivity contribution in [2.24, 2.45) is 0 Å². The van der Waals surface area contributed by atoms with E-state index < -0.39 is 5.97 Å². The summed E-state index contributed by atoms with van der Waals surface area (Å²) in [6, 6.07) is 15.9. The molecule has 0 amide bonds. The molecule has 0 unspecified atom stereocenters. The van der Waals surface area contributed by atoms with Crippen molar-refractivity contribution in [2.45, 2.75) is 13.8 Å². The van der Waals surface area contributed by atoms with Crippen LogP contribution in [0.25, 0.3) is 6.08 Å². The molecule has 4 rings (SSSR count). The van der Waals surface area contributed by atoms with Crippen LogP contribution in [0.15, 0.2) is 66.6 Å². The van der Waals surface area contributed by atoms with Crippen molar-refractivity contribution in [1.29, 1.82) is 0 Å². The van der Waals surface area contributed by atoms with Crippen LogP contribution in [0.1, 0.15) is 37.5 Å². The van der Waals surface area contributed by atoms with Crippen molar-refractivity contribution in [3.8, 4) is 11.5 Å². The number of fused-ring (bicyclic) bond motifs is 1. The maximum atomic E-state index is 12.6. The normalized spacial score (nSPS) is 13.9. The van der Waals surface area contributed by atoms with Gasteiger partial charge in [0.05, 0.1) is 16.8 Å². The molecule has 0 fully saturated rings. The highest BCUT2D eigenvalue weighted by atomic mass is 16.5. The molecule has 0 atom stereocenters. The van der Waals surface area contributed by atoms with Crippen molar-refractivity contribution < 1.29 is 19.1 Å². The number of hydrogen-bond donors (Lipinski definition) is 0. The Hall–Kier alpha value is -3.73. The van der Waals surface area contributed by atoms with Crippen LogP contribution in [0.5, 0.6) is 11.5 Å². The monoisotopic (exact) mass is 371 g/mol. The molecule has 0 saturated carbocycles. The van der Waals surface area contributed by atoms with Gasteiger partial charge >= 0.3 is 5.97 Å². The second-order valence-corrected chi connectivity index (χ2v) is 6.46. The lowest BCUT2D eigenvalue weighted by Crippen LogP contribution is -2.11. The van der Waals surface area contributed by atoms with Crippen LogP contribution >= 0.6 is 0 Å². The standard InChI is InChI=1S/C23H17NO4/c1-14-7-3-4-9-17(14)23(26)28-19-11-10-18-21(25)20(27-22(18)15(19)2)13-16-8-5-6-12-24-16/h3-13H,1-2H3/b20-13-. The molecular weight excluding hydrogens is 354 g/mol. The third kappa shape index (κ3) is 3.18. The summed E-state index contributed by atoms with van der Waals surface area (Å²) in [6.07, 6.45) is 3.24. The molecule has 0 N–H and O–H groups in total. The SMILES string of the molecule is Cc1ccccc1C(=O)Oc1ccc2c(c1C)O/C(=C\c1ccccn1)C2=O. The highest BCUT2D eigenvalue weighted by Crippen LogP contribution is 2.39. The number of rotatable bonds is 3. The number of carbonyl (C=O) groups is 2. The average Bonchev–Trinajstić information content (AvgIpc) is 3.01. The van der Waals surface area contributed by atoms with Crippen molar-refractivity contribution in [2.75, 3.05) is 0 Å². The van der Waals surface area contributed by atoms with E-state index in [9.17, 15) is 9.59 Å². The number of esters is 1. The zero-order chi connectivity index (χ0) is 19.7. The number of pyridine rings is 1. The number of hydrogen-bond acceptors (Lipinski definition) is 5. The lowest BCUT2D eigenvalue weighted by atomic mass is 10.1. The van der Waals surface area contributed by atoms with Crippen LogP contribution in [0.4, 0.5) is 0 Å². The Labute approximate surface area is 162 Å². The highest BCUT2D eigenvalue weighted by molar-refractivity contribution is 6.15. The Bertz CT molecular complexity index is 1120. The molecule has 1 aliphatic rings. The first-order chi connectivity index (χ1) is 13.5. The topological polar surface area (TPSA) is 65.5 Å². The van der Waals surface area contributed by atoms with Crippen LogP contribution in [0.2, 0.25) is 0 Å².